The second kappa shape index (κ2) is 5.61. The molecular weight excluding hydrogens is 326 g/mol. The van der Waals surface area contributed by atoms with Crippen molar-refractivity contribution < 1.29 is 13.3 Å². The number of halogens is 1. The van der Waals surface area contributed by atoms with E-state index in [1.165, 1.54) is 12.3 Å². The summed E-state index contributed by atoms with van der Waals surface area (Å²) in [6.45, 7) is 1.62. The molecule has 1 aromatic heterocycles. The van der Waals surface area contributed by atoms with E-state index >= 15 is 0 Å². The van der Waals surface area contributed by atoms with E-state index in [4.69, 9.17) is 0 Å². The lowest BCUT2D eigenvalue weighted by molar-refractivity contribution is -0.384. The van der Waals surface area contributed by atoms with Gasteiger partial charge in [0.2, 0.25) is 5.82 Å². The van der Waals surface area contributed by atoms with Gasteiger partial charge in [0.05, 0.1) is 10.7 Å². The van der Waals surface area contributed by atoms with Gasteiger partial charge in [-0.1, -0.05) is 0 Å². The van der Waals surface area contributed by atoms with Crippen LogP contribution in [0.4, 0.5) is 11.5 Å². The number of hydrogen-bond acceptors (Lipinski definition) is 6. The molecule has 1 N–H and O–H groups in total. The van der Waals surface area contributed by atoms with E-state index in [0.29, 0.717) is 4.47 Å². The van der Waals surface area contributed by atoms with Gasteiger partial charge >= 0.3 is 5.69 Å². The largest absolute Gasteiger partial charge is 0.361 e. The lowest BCUT2D eigenvalue weighted by Gasteiger charge is -2.13. The molecule has 1 rings (SSSR count). The lowest BCUT2D eigenvalue weighted by Crippen LogP contribution is -2.25. The molecule has 18 heavy (non-hydrogen) atoms. The summed E-state index contributed by atoms with van der Waals surface area (Å²) in [6.07, 6.45) is 2.51. The van der Waals surface area contributed by atoms with Crippen LogP contribution in [0.1, 0.15) is 6.92 Å². The molecule has 0 aromatic carbocycles. The Kier molecular flexibility index (Phi) is 4.63. The zero-order valence-electron chi connectivity index (χ0n) is 9.75. The van der Waals surface area contributed by atoms with Crippen molar-refractivity contribution in [3.63, 3.8) is 0 Å². The smallest absolute Gasteiger partial charge is 0.312 e. The van der Waals surface area contributed by atoms with Crippen LogP contribution in [0.3, 0.4) is 0 Å². The van der Waals surface area contributed by atoms with E-state index in [2.05, 4.69) is 26.2 Å². The molecule has 0 amide bonds. The van der Waals surface area contributed by atoms with E-state index in [0.717, 1.165) is 6.26 Å². The third-order valence-corrected chi connectivity index (χ3v) is 3.51. The molecule has 1 heterocycles. The summed E-state index contributed by atoms with van der Waals surface area (Å²) in [7, 11) is -3.15. The Labute approximate surface area is 113 Å². The normalized spacial score (nSPS) is 13.1. The fourth-order valence-electron chi connectivity index (χ4n) is 1.41. The first-order chi connectivity index (χ1) is 8.19. The van der Waals surface area contributed by atoms with E-state index in [1.54, 1.807) is 6.92 Å². The highest BCUT2D eigenvalue weighted by Gasteiger charge is 2.19. The summed E-state index contributed by atoms with van der Waals surface area (Å²) in [4.78, 5) is 14.1. The Morgan fingerprint density at radius 3 is 2.72 bits per heavy atom. The zero-order valence-corrected chi connectivity index (χ0v) is 12.2. The number of pyridine rings is 1. The highest BCUT2D eigenvalue weighted by atomic mass is 79.9. The van der Waals surface area contributed by atoms with E-state index in [1.807, 2.05) is 0 Å². The maximum absolute atomic E-state index is 11.1. The zero-order chi connectivity index (χ0) is 13.9. The van der Waals surface area contributed by atoms with Crippen molar-refractivity contribution in [3.8, 4) is 0 Å². The summed E-state index contributed by atoms with van der Waals surface area (Å²) < 4.78 is 22.7. The molecule has 0 saturated carbocycles. The predicted octanol–water partition coefficient (Wildman–Crippen LogP) is 1.60. The van der Waals surface area contributed by atoms with Crippen molar-refractivity contribution in [1.82, 2.24) is 4.98 Å². The van der Waals surface area contributed by atoms with Crippen LogP contribution in [-0.2, 0) is 9.84 Å². The fourth-order valence-corrected chi connectivity index (χ4v) is 2.72. The highest BCUT2D eigenvalue weighted by Crippen LogP contribution is 2.25. The van der Waals surface area contributed by atoms with Gasteiger partial charge in [-0.15, -0.1) is 0 Å². The van der Waals surface area contributed by atoms with E-state index in [9.17, 15) is 18.5 Å². The van der Waals surface area contributed by atoms with Gasteiger partial charge in [-0.3, -0.25) is 10.1 Å². The SMILES string of the molecule is CC(CS(C)(=O)=O)Nc1ncc(Br)cc1[N+](=O)[O-]. The molecule has 9 heteroatoms. The van der Waals surface area contributed by atoms with Crippen molar-refractivity contribution in [1.29, 1.82) is 0 Å². The minimum absolute atomic E-state index is 0.0550. The van der Waals surface area contributed by atoms with Gasteiger partial charge < -0.3 is 5.32 Å². The quantitative estimate of drug-likeness (QED) is 0.646. The first-order valence-electron chi connectivity index (χ1n) is 4.93. The molecule has 0 aliphatic rings. The molecule has 1 aromatic rings. The summed E-state index contributed by atoms with van der Waals surface area (Å²) in [6, 6.07) is 0.843. The number of sulfone groups is 1. The van der Waals surface area contributed by atoms with Crippen LogP contribution in [0.15, 0.2) is 16.7 Å². The number of nitrogens with one attached hydrogen (secondary N) is 1. The molecule has 0 fully saturated rings. The van der Waals surface area contributed by atoms with Crippen LogP contribution >= 0.6 is 15.9 Å². The Morgan fingerprint density at radius 1 is 1.61 bits per heavy atom. The minimum atomic E-state index is -3.15. The van der Waals surface area contributed by atoms with Gasteiger partial charge in [0.15, 0.2) is 0 Å². The van der Waals surface area contributed by atoms with Crippen LogP contribution in [0.25, 0.3) is 0 Å². The summed E-state index contributed by atoms with van der Waals surface area (Å²) in [5, 5.41) is 13.5. The van der Waals surface area contributed by atoms with Crippen LogP contribution in [0.5, 0.6) is 0 Å². The predicted molar refractivity (Wildman–Crippen MR) is 71.4 cm³/mol. The number of rotatable bonds is 5. The van der Waals surface area contributed by atoms with Crippen molar-refractivity contribution >= 4 is 37.3 Å². The van der Waals surface area contributed by atoms with Crippen molar-refractivity contribution in [2.45, 2.75) is 13.0 Å². The monoisotopic (exact) mass is 337 g/mol. The molecule has 100 valence electrons. The van der Waals surface area contributed by atoms with Gasteiger partial charge in [-0.25, -0.2) is 13.4 Å². The van der Waals surface area contributed by atoms with Crippen molar-refractivity contribution in [2.24, 2.45) is 0 Å². The average Bonchev–Trinajstić information content (AvgIpc) is 2.17. The minimum Gasteiger partial charge on any atom is -0.361 e. The van der Waals surface area contributed by atoms with Gasteiger partial charge in [0.1, 0.15) is 9.84 Å². The number of hydrogen-bond donors (Lipinski definition) is 1. The van der Waals surface area contributed by atoms with E-state index < -0.39 is 20.8 Å². The standard InChI is InChI=1S/C9H12BrN3O4S/c1-6(5-18(2,16)17)12-9-8(13(14)15)3-7(10)4-11-9/h3-4,6H,5H2,1-2H3,(H,11,12). The van der Waals surface area contributed by atoms with Gasteiger partial charge in [-0.05, 0) is 22.9 Å². The number of nitro groups is 1. The topological polar surface area (TPSA) is 102 Å². The number of nitrogens with zero attached hydrogens (tertiary/aromatic N) is 2. The molecule has 0 aliphatic heterocycles. The molecule has 7 nitrogen and oxygen atoms in total. The molecule has 0 aliphatic carbocycles. The third kappa shape index (κ3) is 4.57. The highest BCUT2D eigenvalue weighted by molar-refractivity contribution is 9.10. The van der Waals surface area contributed by atoms with Crippen LogP contribution < -0.4 is 5.32 Å². The Hall–Kier alpha value is -1.22. The van der Waals surface area contributed by atoms with Crippen LogP contribution in [-0.4, -0.2) is 36.4 Å². The molecule has 0 spiro atoms. The Bertz CT molecular complexity index is 561. The average molecular weight is 338 g/mol. The molecule has 0 saturated heterocycles. The maximum atomic E-state index is 11.1. The first-order valence-corrected chi connectivity index (χ1v) is 7.78. The molecule has 0 radical (unpaired) electrons. The molecule has 1 unspecified atom stereocenters. The third-order valence-electron chi connectivity index (χ3n) is 1.97. The number of aromatic nitrogens is 1. The van der Waals surface area contributed by atoms with Gasteiger partial charge in [0, 0.05) is 29.0 Å². The Morgan fingerprint density at radius 2 is 2.22 bits per heavy atom. The van der Waals surface area contributed by atoms with Gasteiger partial charge in [0.25, 0.3) is 0 Å². The molecule has 1 atom stereocenters. The number of anilines is 1. The lowest BCUT2D eigenvalue weighted by atomic mass is 10.3. The summed E-state index contributed by atoms with van der Waals surface area (Å²) in [5.74, 6) is -0.0682. The van der Waals surface area contributed by atoms with Gasteiger partial charge in [-0.2, -0.15) is 0 Å². The second-order valence-corrected chi connectivity index (χ2v) is 7.02. The maximum Gasteiger partial charge on any atom is 0.312 e. The van der Waals surface area contributed by atoms with E-state index in [-0.39, 0.29) is 17.3 Å². The summed E-state index contributed by atoms with van der Waals surface area (Å²) in [5.41, 5.74) is -0.204. The van der Waals surface area contributed by atoms with Crippen molar-refractivity contribution in [3.05, 3.63) is 26.9 Å². The first kappa shape index (κ1) is 14.8. The second-order valence-electron chi connectivity index (χ2n) is 3.92. The van der Waals surface area contributed by atoms with Crippen LogP contribution in [0, 0.1) is 10.1 Å². The van der Waals surface area contributed by atoms with Crippen molar-refractivity contribution in [2.75, 3.05) is 17.3 Å². The fraction of sp³-hybridized carbons (Fsp3) is 0.444. The molecular formula is C9H12BrN3O4S. The summed E-state index contributed by atoms with van der Waals surface area (Å²) >= 11 is 3.09. The molecule has 0 bridgehead atoms. The Balaban J connectivity index is 2.94. The van der Waals surface area contributed by atoms with Crippen LogP contribution in [0.2, 0.25) is 0 Å².